The molecule has 0 radical (unpaired) electrons. The molecule has 0 bridgehead atoms. The number of benzene rings is 1. The van der Waals surface area contributed by atoms with Gasteiger partial charge in [0.2, 0.25) is 0 Å². The lowest BCUT2D eigenvalue weighted by Crippen LogP contribution is -2.55. The van der Waals surface area contributed by atoms with Gasteiger partial charge in [0.05, 0.1) is 0 Å². The first-order valence-electron chi connectivity index (χ1n) is 9.31. The van der Waals surface area contributed by atoms with Crippen molar-refractivity contribution in [3.8, 4) is 0 Å². The monoisotopic (exact) mass is 415 g/mol. The Kier molecular flexibility index (Phi) is 8.59. The summed E-state index contributed by atoms with van der Waals surface area (Å²) in [6, 6.07) is 6.44. The molecular weight excluding hydrogens is 386 g/mol. The van der Waals surface area contributed by atoms with Crippen LogP contribution in [0.5, 0.6) is 0 Å². The molecule has 0 saturated heterocycles. The molecule has 0 aromatic heterocycles. The van der Waals surface area contributed by atoms with Crippen LogP contribution in [-0.2, 0) is 24.5 Å². The number of hydrogen-bond acceptors (Lipinski definition) is 5. The van der Waals surface area contributed by atoms with Crippen LogP contribution in [0.2, 0.25) is 0 Å². The number of esters is 2. The highest BCUT2D eigenvalue weighted by Gasteiger charge is 2.41. The first kappa shape index (κ1) is 24.7. The quantitative estimate of drug-likeness (QED) is 0.445. The van der Waals surface area contributed by atoms with Crippen molar-refractivity contribution >= 4 is 23.6 Å². The Hall–Kier alpha value is -3.35. The summed E-state index contributed by atoms with van der Waals surface area (Å²) in [6.45, 7) is 17.5. The van der Waals surface area contributed by atoms with Crippen LogP contribution in [-0.4, -0.2) is 41.9 Å². The van der Waals surface area contributed by atoms with Gasteiger partial charge in [0.25, 0.3) is 0 Å². The number of rotatable bonds is 10. The number of carbonyl (C=O) groups excluding carboxylic acids is 2. The van der Waals surface area contributed by atoms with Gasteiger partial charge >= 0.3 is 18.0 Å². The SMILES string of the molecule is C=CC(=O)OC(C(COC(=O)C(=C)C)NC(=O)O)C(C)(C)c1cccc(C(=C)C)c1. The van der Waals surface area contributed by atoms with E-state index in [4.69, 9.17) is 9.47 Å². The van der Waals surface area contributed by atoms with Gasteiger partial charge in [-0.1, -0.05) is 63.4 Å². The Morgan fingerprint density at radius 3 is 2.37 bits per heavy atom. The van der Waals surface area contributed by atoms with E-state index in [1.807, 2.05) is 45.0 Å². The maximum atomic E-state index is 12.1. The fraction of sp³-hybridized carbons (Fsp3) is 0.348. The van der Waals surface area contributed by atoms with Gasteiger partial charge in [-0.15, -0.1) is 0 Å². The van der Waals surface area contributed by atoms with Crippen LogP contribution >= 0.6 is 0 Å². The lowest BCUT2D eigenvalue weighted by molar-refractivity contribution is -0.151. The highest BCUT2D eigenvalue weighted by atomic mass is 16.6. The van der Waals surface area contributed by atoms with Crippen molar-refractivity contribution in [2.24, 2.45) is 0 Å². The molecule has 162 valence electrons. The molecule has 0 aliphatic carbocycles. The minimum atomic E-state index is -1.35. The van der Waals surface area contributed by atoms with Crippen LogP contribution < -0.4 is 5.32 Å². The standard InChI is InChI=1S/C23H29NO6/c1-8-19(25)30-20(18(24-22(27)28)13-29-21(26)15(4)5)23(6,7)17-11-9-10-16(12-17)14(2)3/h8-12,18,20,24H,1-2,4,13H2,3,5-7H3,(H,27,28). The molecule has 7 nitrogen and oxygen atoms in total. The predicted molar refractivity (Wildman–Crippen MR) is 115 cm³/mol. The zero-order valence-corrected chi connectivity index (χ0v) is 17.9. The van der Waals surface area contributed by atoms with E-state index in [9.17, 15) is 19.5 Å². The molecule has 0 aliphatic heterocycles. The molecule has 0 heterocycles. The van der Waals surface area contributed by atoms with Crippen LogP contribution in [0, 0.1) is 0 Å². The minimum absolute atomic E-state index is 0.164. The highest BCUT2D eigenvalue weighted by Crippen LogP contribution is 2.33. The van der Waals surface area contributed by atoms with Crippen molar-refractivity contribution in [2.45, 2.75) is 45.3 Å². The first-order valence-corrected chi connectivity index (χ1v) is 9.31. The fourth-order valence-electron chi connectivity index (χ4n) is 2.91. The maximum absolute atomic E-state index is 12.1. The van der Waals surface area contributed by atoms with E-state index in [1.165, 1.54) is 6.92 Å². The van der Waals surface area contributed by atoms with Gasteiger partial charge in [-0.3, -0.25) is 0 Å². The Bertz CT molecular complexity index is 855. The van der Waals surface area contributed by atoms with Crippen molar-refractivity contribution in [1.82, 2.24) is 5.32 Å². The van der Waals surface area contributed by atoms with Crippen LogP contribution in [0.25, 0.3) is 5.57 Å². The normalized spacial score (nSPS) is 12.8. The van der Waals surface area contributed by atoms with E-state index in [0.29, 0.717) is 0 Å². The number of allylic oxidation sites excluding steroid dienone is 1. The molecule has 7 heteroatoms. The average molecular weight is 415 g/mol. The van der Waals surface area contributed by atoms with Gasteiger partial charge in [-0.25, -0.2) is 14.4 Å². The summed E-state index contributed by atoms with van der Waals surface area (Å²) in [5.41, 5.74) is 1.83. The molecule has 2 unspecified atom stereocenters. The number of hydrogen-bond donors (Lipinski definition) is 2. The van der Waals surface area contributed by atoms with Gasteiger partial charge in [0.15, 0.2) is 0 Å². The summed E-state index contributed by atoms with van der Waals surface area (Å²) in [4.78, 5) is 35.3. The van der Waals surface area contributed by atoms with Crippen molar-refractivity contribution in [1.29, 1.82) is 0 Å². The van der Waals surface area contributed by atoms with Crippen molar-refractivity contribution in [2.75, 3.05) is 6.61 Å². The first-order chi connectivity index (χ1) is 13.9. The van der Waals surface area contributed by atoms with E-state index < -0.39 is 35.6 Å². The summed E-state index contributed by atoms with van der Waals surface area (Å²) < 4.78 is 10.7. The summed E-state index contributed by atoms with van der Waals surface area (Å²) >= 11 is 0. The lowest BCUT2D eigenvalue weighted by atomic mass is 9.75. The van der Waals surface area contributed by atoms with Gasteiger partial charge in [0.1, 0.15) is 18.8 Å². The van der Waals surface area contributed by atoms with Crippen LogP contribution in [0.15, 0.2) is 55.7 Å². The van der Waals surface area contributed by atoms with E-state index in [2.05, 4.69) is 25.1 Å². The van der Waals surface area contributed by atoms with Gasteiger partial charge in [-0.05, 0) is 25.0 Å². The second-order valence-electron chi connectivity index (χ2n) is 7.58. The highest BCUT2D eigenvalue weighted by molar-refractivity contribution is 5.87. The number of amides is 1. The van der Waals surface area contributed by atoms with Gasteiger partial charge < -0.3 is 19.9 Å². The lowest BCUT2D eigenvalue weighted by Gasteiger charge is -2.38. The third-order valence-corrected chi connectivity index (χ3v) is 4.64. The molecule has 2 atom stereocenters. The Morgan fingerprint density at radius 1 is 1.23 bits per heavy atom. The molecule has 30 heavy (non-hydrogen) atoms. The Morgan fingerprint density at radius 2 is 1.87 bits per heavy atom. The van der Waals surface area contributed by atoms with E-state index in [-0.39, 0.29) is 12.2 Å². The summed E-state index contributed by atoms with van der Waals surface area (Å²) in [5, 5.41) is 11.6. The second-order valence-corrected chi connectivity index (χ2v) is 7.58. The maximum Gasteiger partial charge on any atom is 0.405 e. The van der Waals surface area contributed by atoms with Crippen LogP contribution in [0.1, 0.15) is 38.8 Å². The average Bonchev–Trinajstić information content (AvgIpc) is 2.68. The molecular formula is C23H29NO6. The summed E-state index contributed by atoms with van der Waals surface area (Å²) in [7, 11) is 0. The fourth-order valence-corrected chi connectivity index (χ4v) is 2.91. The van der Waals surface area contributed by atoms with Crippen molar-refractivity contribution < 1.29 is 29.0 Å². The largest absolute Gasteiger partial charge is 0.465 e. The van der Waals surface area contributed by atoms with E-state index >= 15 is 0 Å². The molecule has 0 fully saturated rings. The smallest absolute Gasteiger partial charge is 0.405 e. The van der Waals surface area contributed by atoms with Crippen LogP contribution in [0.3, 0.4) is 0 Å². The molecule has 0 spiro atoms. The van der Waals surface area contributed by atoms with E-state index in [1.54, 1.807) is 0 Å². The number of carboxylic acid groups (broad SMARTS) is 1. The second kappa shape index (κ2) is 10.4. The van der Waals surface area contributed by atoms with Gasteiger partial charge in [-0.2, -0.15) is 0 Å². The summed E-state index contributed by atoms with van der Waals surface area (Å²) in [5.74, 6) is -1.41. The van der Waals surface area contributed by atoms with E-state index in [0.717, 1.165) is 22.8 Å². The molecule has 1 aromatic rings. The minimum Gasteiger partial charge on any atom is -0.465 e. The zero-order chi connectivity index (χ0) is 23.1. The molecule has 1 amide bonds. The number of carbonyl (C=O) groups is 3. The molecule has 1 aromatic carbocycles. The topological polar surface area (TPSA) is 102 Å². The number of nitrogens with one attached hydrogen (secondary N) is 1. The predicted octanol–water partition coefficient (Wildman–Crippen LogP) is 3.85. The number of ether oxygens (including phenoxy) is 2. The van der Waals surface area contributed by atoms with Crippen molar-refractivity contribution in [3.05, 3.63) is 66.8 Å². The molecule has 0 aliphatic rings. The Balaban J connectivity index is 3.42. The summed E-state index contributed by atoms with van der Waals surface area (Å²) in [6.07, 6.45) is -1.37. The Labute approximate surface area is 177 Å². The molecule has 1 rings (SSSR count). The van der Waals surface area contributed by atoms with Crippen molar-refractivity contribution in [3.63, 3.8) is 0 Å². The van der Waals surface area contributed by atoms with Gasteiger partial charge in [0, 0.05) is 17.1 Å². The third-order valence-electron chi connectivity index (χ3n) is 4.64. The molecule has 0 saturated carbocycles. The molecule has 2 N–H and O–H groups in total. The third kappa shape index (κ3) is 6.62. The zero-order valence-electron chi connectivity index (χ0n) is 17.9. The van der Waals surface area contributed by atoms with Crippen LogP contribution in [0.4, 0.5) is 4.79 Å².